The summed E-state index contributed by atoms with van der Waals surface area (Å²) in [5.74, 6) is -4.06. The Labute approximate surface area is 113 Å². The van der Waals surface area contributed by atoms with Gasteiger partial charge in [-0.2, -0.15) is 0 Å². The molecule has 0 fully saturated rings. The normalized spacial score (nSPS) is 12.4. The fraction of sp³-hybridized carbons (Fsp3) is 0.444. The van der Waals surface area contributed by atoms with Gasteiger partial charge in [0.2, 0.25) is 5.91 Å². The molecule has 19 heavy (non-hydrogen) atoms. The molecule has 10 heteroatoms. The lowest BCUT2D eigenvalue weighted by atomic mass is 10.3. The molecule has 108 valence electrons. The highest BCUT2D eigenvalue weighted by molar-refractivity contribution is 7.91. The van der Waals surface area contributed by atoms with Crippen molar-refractivity contribution in [2.45, 2.75) is 10.1 Å². The molecule has 0 bridgehead atoms. The average molecular weight is 313 g/mol. The van der Waals surface area contributed by atoms with Gasteiger partial charge >= 0.3 is 0 Å². The molecular formula is C9H13F2N3O3S2. The zero-order valence-electron chi connectivity index (χ0n) is 9.73. The van der Waals surface area contributed by atoms with Crippen LogP contribution in [0.5, 0.6) is 0 Å². The van der Waals surface area contributed by atoms with E-state index in [9.17, 15) is 22.0 Å². The van der Waals surface area contributed by atoms with Crippen LogP contribution < -0.4 is 15.8 Å². The second kappa shape index (κ2) is 6.37. The highest BCUT2D eigenvalue weighted by atomic mass is 32.2. The smallest absolute Gasteiger partial charge is 0.277 e. The van der Waals surface area contributed by atoms with Crippen LogP contribution in [0.2, 0.25) is 0 Å². The Kier molecular flexibility index (Phi) is 5.35. The quantitative estimate of drug-likeness (QED) is 0.645. The molecule has 0 aliphatic heterocycles. The molecule has 6 nitrogen and oxygen atoms in total. The van der Waals surface area contributed by atoms with Crippen molar-refractivity contribution in [1.29, 1.82) is 0 Å². The number of halogens is 2. The van der Waals surface area contributed by atoms with Crippen LogP contribution in [0, 0.1) is 0 Å². The van der Waals surface area contributed by atoms with Crippen LogP contribution in [0.4, 0.5) is 8.78 Å². The standard InChI is InChI=1S/C9H13F2N3O3S2/c10-9(11,5-12)6-13-7(15)4-14-19(16,17)8-2-1-3-18-8/h1-3,14H,4-6,12H2,(H,13,15). The third-order valence-electron chi connectivity index (χ3n) is 2.03. The fourth-order valence-electron chi connectivity index (χ4n) is 1.01. The molecule has 1 aromatic rings. The first-order chi connectivity index (χ1) is 8.77. The summed E-state index contributed by atoms with van der Waals surface area (Å²) < 4.78 is 50.7. The Bertz CT molecular complexity index is 517. The lowest BCUT2D eigenvalue weighted by Gasteiger charge is -2.14. The van der Waals surface area contributed by atoms with E-state index in [-0.39, 0.29) is 4.21 Å². The Balaban J connectivity index is 2.43. The Morgan fingerprint density at radius 1 is 1.47 bits per heavy atom. The van der Waals surface area contributed by atoms with E-state index in [1.807, 2.05) is 10.0 Å². The van der Waals surface area contributed by atoms with Crippen molar-refractivity contribution in [3.05, 3.63) is 17.5 Å². The number of amides is 1. The minimum atomic E-state index is -3.78. The maximum absolute atomic E-state index is 12.7. The molecule has 0 saturated carbocycles. The molecular weight excluding hydrogens is 300 g/mol. The number of alkyl halides is 2. The van der Waals surface area contributed by atoms with Gasteiger partial charge in [-0.05, 0) is 11.4 Å². The van der Waals surface area contributed by atoms with E-state index in [1.54, 1.807) is 11.4 Å². The summed E-state index contributed by atoms with van der Waals surface area (Å²) in [6.07, 6.45) is 0. The maximum Gasteiger partial charge on any atom is 0.277 e. The predicted octanol–water partition coefficient (Wildman–Crippen LogP) is -0.263. The van der Waals surface area contributed by atoms with Crippen molar-refractivity contribution in [2.24, 2.45) is 5.73 Å². The van der Waals surface area contributed by atoms with E-state index in [0.29, 0.717) is 0 Å². The summed E-state index contributed by atoms with van der Waals surface area (Å²) in [6.45, 7) is -2.43. The van der Waals surface area contributed by atoms with Gasteiger partial charge in [-0.3, -0.25) is 4.79 Å². The van der Waals surface area contributed by atoms with Crippen molar-refractivity contribution in [3.8, 4) is 0 Å². The van der Waals surface area contributed by atoms with E-state index >= 15 is 0 Å². The monoisotopic (exact) mass is 313 g/mol. The lowest BCUT2D eigenvalue weighted by Crippen LogP contribution is -2.44. The number of thiophene rings is 1. The second-order valence-corrected chi connectivity index (χ2v) is 6.53. The fourth-order valence-corrected chi connectivity index (χ4v) is 3.03. The Morgan fingerprint density at radius 3 is 2.68 bits per heavy atom. The zero-order valence-corrected chi connectivity index (χ0v) is 11.4. The number of carbonyl (C=O) groups is 1. The first kappa shape index (κ1) is 16.0. The molecule has 0 aliphatic rings. The molecule has 0 unspecified atom stereocenters. The van der Waals surface area contributed by atoms with E-state index < -0.39 is 41.5 Å². The van der Waals surface area contributed by atoms with Crippen LogP contribution in [0.25, 0.3) is 0 Å². The Hall–Kier alpha value is -1.10. The summed E-state index contributed by atoms with van der Waals surface area (Å²) in [7, 11) is -3.78. The molecule has 4 N–H and O–H groups in total. The molecule has 0 atom stereocenters. The third kappa shape index (κ3) is 5.19. The van der Waals surface area contributed by atoms with Crippen molar-refractivity contribution in [1.82, 2.24) is 10.0 Å². The first-order valence-corrected chi connectivity index (χ1v) is 7.51. The van der Waals surface area contributed by atoms with E-state index in [0.717, 1.165) is 11.3 Å². The van der Waals surface area contributed by atoms with Crippen molar-refractivity contribution >= 4 is 27.3 Å². The van der Waals surface area contributed by atoms with Gasteiger partial charge in [-0.15, -0.1) is 11.3 Å². The summed E-state index contributed by atoms with van der Waals surface area (Å²) in [5.41, 5.74) is 4.79. The lowest BCUT2D eigenvalue weighted by molar-refractivity contribution is -0.121. The number of rotatable bonds is 7. The summed E-state index contributed by atoms with van der Waals surface area (Å²) in [6, 6.07) is 2.91. The molecule has 0 aliphatic carbocycles. The second-order valence-electron chi connectivity index (χ2n) is 3.59. The number of nitrogens with one attached hydrogen (secondary N) is 2. The van der Waals surface area contributed by atoms with Gasteiger partial charge < -0.3 is 11.1 Å². The van der Waals surface area contributed by atoms with Gasteiger partial charge in [-0.1, -0.05) is 6.07 Å². The first-order valence-electron chi connectivity index (χ1n) is 5.14. The number of hydrogen-bond acceptors (Lipinski definition) is 5. The molecule has 1 rings (SSSR count). The third-order valence-corrected chi connectivity index (χ3v) is 4.82. The predicted molar refractivity (Wildman–Crippen MR) is 66.5 cm³/mol. The van der Waals surface area contributed by atoms with Crippen LogP contribution in [-0.4, -0.2) is 39.9 Å². The molecule has 1 amide bonds. The van der Waals surface area contributed by atoms with Gasteiger partial charge in [0.1, 0.15) is 4.21 Å². The summed E-state index contributed by atoms with van der Waals surface area (Å²) in [5, 5.41) is 3.47. The van der Waals surface area contributed by atoms with Crippen LogP contribution >= 0.6 is 11.3 Å². The van der Waals surface area contributed by atoms with Gasteiger partial charge in [0, 0.05) is 0 Å². The van der Waals surface area contributed by atoms with Crippen molar-refractivity contribution in [2.75, 3.05) is 19.6 Å². The maximum atomic E-state index is 12.7. The molecule has 1 aromatic heterocycles. The molecule has 0 spiro atoms. The molecule has 1 heterocycles. The van der Waals surface area contributed by atoms with Crippen LogP contribution in [0.3, 0.4) is 0 Å². The minimum Gasteiger partial charge on any atom is -0.349 e. The largest absolute Gasteiger partial charge is 0.349 e. The van der Waals surface area contributed by atoms with Crippen molar-refractivity contribution in [3.63, 3.8) is 0 Å². The number of carbonyl (C=O) groups excluding carboxylic acids is 1. The number of nitrogens with two attached hydrogens (primary N) is 1. The SMILES string of the molecule is NCC(F)(F)CNC(=O)CNS(=O)(=O)c1cccs1. The van der Waals surface area contributed by atoms with Crippen LogP contribution in [-0.2, 0) is 14.8 Å². The van der Waals surface area contributed by atoms with Gasteiger partial charge in [0.05, 0.1) is 19.6 Å². The van der Waals surface area contributed by atoms with E-state index in [1.165, 1.54) is 6.07 Å². The highest BCUT2D eigenvalue weighted by Crippen LogP contribution is 2.14. The summed E-state index contributed by atoms with van der Waals surface area (Å²) in [4.78, 5) is 11.2. The van der Waals surface area contributed by atoms with Crippen molar-refractivity contribution < 1.29 is 22.0 Å². The minimum absolute atomic E-state index is 0.0487. The highest BCUT2D eigenvalue weighted by Gasteiger charge is 2.27. The molecule has 0 aromatic carbocycles. The average Bonchev–Trinajstić information content (AvgIpc) is 2.89. The van der Waals surface area contributed by atoms with Gasteiger partial charge in [-0.25, -0.2) is 21.9 Å². The van der Waals surface area contributed by atoms with Gasteiger partial charge in [0.15, 0.2) is 0 Å². The van der Waals surface area contributed by atoms with Gasteiger partial charge in [0.25, 0.3) is 15.9 Å². The van der Waals surface area contributed by atoms with E-state index in [2.05, 4.69) is 0 Å². The number of hydrogen-bond donors (Lipinski definition) is 3. The topological polar surface area (TPSA) is 101 Å². The summed E-state index contributed by atoms with van der Waals surface area (Å²) >= 11 is 0.984. The Morgan fingerprint density at radius 2 is 2.16 bits per heavy atom. The van der Waals surface area contributed by atoms with Crippen LogP contribution in [0.15, 0.2) is 21.7 Å². The zero-order chi connectivity index (χ0) is 14.5. The number of sulfonamides is 1. The molecule has 0 saturated heterocycles. The van der Waals surface area contributed by atoms with E-state index in [4.69, 9.17) is 5.73 Å². The molecule has 0 radical (unpaired) electrons. The van der Waals surface area contributed by atoms with Crippen LogP contribution in [0.1, 0.15) is 0 Å².